The predicted octanol–water partition coefficient (Wildman–Crippen LogP) is 2.51. The van der Waals surface area contributed by atoms with E-state index in [0.717, 1.165) is 34.4 Å². The minimum atomic E-state index is 0.197. The Balaban J connectivity index is 1.69. The molecule has 0 saturated heterocycles. The molecule has 0 spiro atoms. The number of benzene rings is 1. The van der Waals surface area contributed by atoms with Crippen LogP contribution < -0.4 is 16.2 Å². The molecule has 6 heteroatoms. The lowest BCUT2D eigenvalue weighted by atomic mass is 10.0. The zero-order valence-corrected chi connectivity index (χ0v) is 13.7. The lowest BCUT2D eigenvalue weighted by molar-refractivity contribution is 0.303. The smallest absolute Gasteiger partial charge is 0.221 e. The van der Waals surface area contributed by atoms with E-state index in [4.69, 9.17) is 16.2 Å². The molecule has 6 nitrogen and oxygen atoms in total. The Kier molecular flexibility index (Phi) is 3.52. The highest BCUT2D eigenvalue weighted by Gasteiger charge is 2.22. The van der Waals surface area contributed by atoms with Gasteiger partial charge in [-0.05, 0) is 42.5 Å². The molecule has 3 aromatic rings. The van der Waals surface area contributed by atoms with Gasteiger partial charge >= 0.3 is 0 Å². The summed E-state index contributed by atoms with van der Waals surface area (Å²) in [6.45, 7) is 0.792. The molecule has 1 fully saturated rings. The van der Waals surface area contributed by atoms with Crippen LogP contribution in [-0.4, -0.2) is 21.1 Å². The fraction of sp³-hybridized carbons (Fsp3) is 0.333. The third-order valence-electron chi connectivity index (χ3n) is 4.51. The number of hydrogen-bond donors (Lipinski definition) is 2. The van der Waals surface area contributed by atoms with Crippen molar-refractivity contribution < 1.29 is 4.74 Å². The number of aryl methyl sites for hydroxylation is 1. The van der Waals surface area contributed by atoms with Crippen LogP contribution in [0.1, 0.15) is 24.0 Å². The molecule has 2 aromatic heterocycles. The van der Waals surface area contributed by atoms with Gasteiger partial charge in [-0.25, -0.2) is 4.98 Å². The summed E-state index contributed by atoms with van der Waals surface area (Å²) in [7, 11) is 2.04. The number of ether oxygens (including phenoxy) is 1. The first-order valence-electron chi connectivity index (χ1n) is 8.18. The van der Waals surface area contributed by atoms with Crippen molar-refractivity contribution in [1.82, 2.24) is 14.5 Å². The predicted molar refractivity (Wildman–Crippen MR) is 94.8 cm³/mol. The number of nitrogens with two attached hydrogens (primary N) is 2. The van der Waals surface area contributed by atoms with E-state index in [9.17, 15) is 0 Å². The second-order valence-corrected chi connectivity index (χ2v) is 6.52. The quantitative estimate of drug-likeness (QED) is 0.752. The number of aromatic nitrogens is 3. The summed E-state index contributed by atoms with van der Waals surface area (Å²) in [6.07, 6.45) is 6.94. The summed E-state index contributed by atoms with van der Waals surface area (Å²) in [4.78, 5) is 8.08. The average molecular weight is 323 g/mol. The van der Waals surface area contributed by atoms with E-state index in [1.807, 2.05) is 7.05 Å². The Morgan fingerprint density at radius 3 is 2.88 bits per heavy atom. The van der Waals surface area contributed by atoms with Gasteiger partial charge < -0.3 is 20.8 Å². The van der Waals surface area contributed by atoms with Crippen LogP contribution in [0.5, 0.6) is 5.75 Å². The SMILES string of the molecule is Cn1ccc2c(OCC3CC3)cc(Cc3cnc(N)nc3N)cc21. The molecule has 1 aliphatic carbocycles. The molecular formula is C18H21N5O. The van der Waals surface area contributed by atoms with E-state index in [1.165, 1.54) is 12.8 Å². The van der Waals surface area contributed by atoms with Gasteiger partial charge in [0.1, 0.15) is 11.6 Å². The van der Waals surface area contributed by atoms with Crippen molar-refractivity contribution in [3.05, 3.63) is 41.7 Å². The van der Waals surface area contributed by atoms with Crippen molar-refractivity contribution in [2.45, 2.75) is 19.3 Å². The van der Waals surface area contributed by atoms with Gasteiger partial charge in [0.2, 0.25) is 5.95 Å². The van der Waals surface area contributed by atoms with Gasteiger partial charge in [0.15, 0.2) is 0 Å². The topological polar surface area (TPSA) is 92.0 Å². The zero-order valence-electron chi connectivity index (χ0n) is 13.7. The number of fused-ring (bicyclic) bond motifs is 1. The van der Waals surface area contributed by atoms with Crippen molar-refractivity contribution in [2.24, 2.45) is 13.0 Å². The molecular weight excluding hydrogens is 302 g/mol. The monoisotopic (exact) mass is 323 g/mol. The van der Waals surface area contributed by atoms with Crippen molar-refractivity contribution in [3.63, 3.8) is 0 Å². The highest BCUT2D eigenvalue weighted by atomic mass is 16.5. The molecule has 124 valence electrons. The summed E-state index contributed by atoms with van der Waals surface area (Å²) in [5.74, 6) is 2.27. The fourth-order valence-electron chi connectivity index (χ4n) is 2.90. The molecule has 4 rings (SSSR count). The van der Waals surface area contributed by atoms with Crippen LogP contribution in [0.25, 0.3) is 10.9 Å². The van der Waals surface area contributed by atoms with Gasteiger partial charge in [0, 0.05) is 36.8 Å². The van der Waals surface area contributed by atoms with Crippen molar-refractivity contribution in [2.75, 3.05) is 18.1 Å². The van der Waals surface area contributed by atoms with Gasteiger partial charge in [-0.2, -0.15) is 4.98 Å². The Bertz CT molecular complexity index is 898. The molecule has 4 N–H and O–H groups in total. The van der Waals surface area contributed by atoms with Crippen LogP contribution in [-0.2, 0) is 13.5 Å². The maximum atomic E-state index is 6.09. The van der Waals surface area contributed by atoms with Crippen molar-refractivity contribution >= 4 is 22.7 Å². The number of hydrogen-bond acceptors (Lipinski definition) is 5. The van der Waals surface area contributed by atoms with Crippen LogP contribution >= 0.6 is 0 Å². The lowest BCUT2D eigenvalue weighted by Crippen LogP contribution is -2.05. The fourth-order valence-corrected chi connectivity index (χ4v) is 2.90. The standard InChI is InChI=1S/C18H21N5O/c1-23-5-4-14-15(23)7-12(8-16(14)24-10-11-2-3-11)6-13-9-21-18(20)22-17(13)19/h4-5,7-9,11H,2-3,6,10H2,1H3,(H4,19,20,21,22). The largest absolute Gasteiger partial charge is 0.493 e. The average Bonchev–Trinajstić information content (AvgIpc) is 3.31. The van der Waals surface area contributed by atoms with E-state index in [2.05, 4.69) is 38.9 Å². The van der Waals surface area contributed by atoms with E-state index >= 15 is 0 Å². The molecule has 2 heterocycles. The zero-order chi connectivity index (χ0) is 16.7. The first kappa shape index (κ1) is 14.8. The molecule has 1 aliphatic rings. The normalized spacial score (nSPS) is 14.2. The van der Waals surface area contributed by atoms with E-state index < -0.39 is 0 Å². The Morgan fingerprint density at radius 1 is 1.29 bits per heavy atom. The van der Waals surface area contributed by atoms with Gasteiger partial charge in [0.25, 0.3) is 0 Å². The lowest BCUT2D eigenvalue weighted by Gasteiger charge is -2.11. The third kappa shape index (κ3) is 2.87. The summed E-state index contributed by atoms with van der Waals surface area (Å²) < 4.78 is 8.19. The first-order valence-corrected chi connectivity index (χ1v) is 8.18. The van der Waals surface area contributed by atoms with Crippen LogP contribution in [0.4, 0.5) is 11.8 Å². The molecule has 0 radical (unpaired) electrons. The van der Waals surface area contributed by atoms with Crippen LogP contribution in [0.2, 0.25) is 0 Å². The molecule has 1 aromatic carbocycles. The van der Waals surface area contributed by atoms with Gasteiger partial charge in [-0.3, -0.25) is 0 Å². The summed E-state index contributed by atoms with van der Waals surface area (Å²) >= 11 is 0. The molecule has 0 unspecified atom stereocenters. The maximum absolute atomic E-state index is 6.09. The number of nitrogens with zero attached hydrogens (tertiary/aromatic N) is 3. The minimum absolute atomic E-state index is 0.197. The maximum Gasteiger partial charge on any atom is 0.221 e. The van der Waals surface area contributed by atoms with E-state index in [-0.39, 0.29) is 5.95 Å². The highest BCUT2D eigenvalue weighted by Crippen LogP contribution is 2.33. The molecule has 24 heavy (non-hydrogen) atoms. The van der Waals surface area contributed by atoms with Crippen molar-refractivity contribution in [1.29, 1.82) is 0 Å². The van der Waals surface area contributed by atoms with E-state index in [1.54, 1.807) is 6.20 Å². The second kappa shape index (κ2) is 5.70. The molecule has 0 aliphatic heterocycles. The number of rotatable bonds is 5. The van der Waals surface area contributed by atoms with Crippen LogP contribution in [0, 0.1) is 5.92 Å². The molecule has 1 saturated carbocycles. The molecule has 0 bridgehead atoms. The van der Waals surface area contributed by atoms with E-state index in [0.29, 0.717) is 18.2 Å². The van der Waals surface area contributed by atoms with Crippen LogP contribution in [0.15, 0.2) is 30.6 Å². The first-order chi connectivity index (χ1) is 11.6. The van der Waals surface area contributed by atoms with Crippen molar-refractivity contribution in [3.8, 4) is 5.75 Å². The van der Waals surface area contributed by atoms with Gasteiger partial charge in [0.05, 0.1) is 12.1 Å². The summed E-state index contributed by atoms with van der Waals surface area (Å²) in [6, 6.07) is 6.36. The number of nitrogen functional groups attached to an aromatic ring is 2. The molecule has 0 atom stereocenters. The third-order valence-corrected chi connectivity index (χ3v) is 4.51. The Labute approximate surface area is 140 Å². The minimum Gasteiger partial charge on any atom is -0.493 e. The van der Waals surface area contributed by atoms with Crippen LogP contribution in [0.3, 0.4) is 0 Å². The molecule has 0 amide bonds. The highest BCUT2D eigenvalue weighted by molar-refractivity contribution is 5.87. The summed E-state index contributed by atoms with van der Waals surface area (Å²) in [5.41, 5.74) is 14.7. The van der Waals surface area contributed by atoms with Gasteiger partial charge in [-0.15, -0.1) is 0 Å². The van der Waals surface area contributed by atoms with Gasteiger partial charge in [-0.1, -0.05) is 0 Å². The Hall–Kier alpha value is -2.76. The number of anilines is 2. The summed E-state index contributed by atoms with van der Waals surface area (Å²) in [5, 5.41) is 1.14. The Morgan fingerprint density at radius 2 is 2.12 bits per heavy atom. The second-order valence-electron chi connectivity index (χ2n) is 6.52.